The third-order valence-electron chi connectivity index (χ3n) is 4.23. The number of hydrogen-bond acceptors (Lipinski definition) is 4. The molecule has 1 saturated heterocycles. The molecule has 6 heteroatoms. The van der Waals surface area contributed by atoms with Crippen molar-refractivity contribution in [1.82, 2.24) is 5.32 Å². The zero-order valence-electron chi connectivity index (χ0n) is 16.5. The predicted octanol–water partition coefficient (Wildman–Crippen LogP) is 3.77. The van der Waals surface area contributed by atoms with Crippen LogP contribution in [0, 0.1) is 5.92 Å². The Morgan fingerprint density at radius 3 is 2.15 bits per heavy atom. The molecule has 0 saturated carbocycles. The second kappa shape index (κ2) is 8.43. The van der Waals surface area contributed by atoms with E-state index >= 15 is 0 Å². The Hall–Kier alpha value is -2.24. The Morgan fingerprint density at radius 1 is 1.08 bits per heavy atom. The lowest BCUT2D eigenvalue weighted by molar-refractivity contribution is -0.119. The lowest BCUT2D eigenvalue weighted by Crippen LogP contribution is -2.48. The van der Waals surface area contributed by atoms with E-state index in [1.807, 2.05) is 38.1 Å². The molecule has 144 valence electrons. The van der Waals surface area contributed by atoms with Gasteiger partial charge < -0.3 is 20.3 Å². The highest BCUT2D eigenvalue weighted by Gasteiger charge is 2.27. The second-order valence-electron chi connectivity index (χ2n) is 8.10. The van der Waals surface area contributed by atoms with E-state index in [4.69, 9.17) is 4.74 Å². The minimum absolute atomic E-state index is 0.0635. The number of nitrogens with one attached hydrogen (secondary N) is 2. The van der Waals surface area contributed by atoms with E-state index in [9.17, 15) is 9.59 Å². The largest absolute Gasteiger partial charge is 0.444 e. The summed E-state index contributed by atoms with van der Waals surface area (Å²) in [5.74, 6) is -0.314. The minimum Gasteiger partial charge on any atom is -0.444 e. The number of nitrogens with zero attached hydrogens (tertiary/aromatic N) is 1. The number of amides is 2. The molecular formula is C20H31N3O3. The molecule has 2 rings (SSSR count). The van der Waals surface area contributed by atoms with Crippen LogP contribution >= 0.6 is 0 Å². The van der Waals surface area contributed by atoms with Gasteiger partial charge in [-0.25, -0.2) is 4.79 Å². The highest BCUT2D eigenvalue weighted by molar-refractivity contribution is 5.96. The number of benzene rings is 1. The van der Waals surface area contributed by atoms with Gasteiger partial charge in [0.2, 0.25) is 5.91 Å². The maximum atomic E-state index is 12.6. The lowest BCUT2D eigenvalue weighted by Gasteiger charge is -2.25. The third kappa shape index (κ3) is 5.93. The van der Waals surface area contributed by atoms with Gasteiger partial charge >= 0.3 is 6.09 Å². The maximum Gasteiger partial charge on any atom is 0.408 e. The molecule has 1 aromatic carbocycles. The van der Waals surface area contributed by atoms with Gasteiger partial charge in [-0.05, 0) is 63.8 Å². The van der Waals surface area contributed by atoms with Crippen LogP contribution in [0.25, 0.3) is 0 Å². The van der Waals surface area contributed by atoms with Crippen molar-refractivity contribution in [3.8, 4) is 0 Å². The molecule has 6 nitrogen and oxygen atoms in total. The van der Waals surface area contributed by atoms with Crippen LogP contribution in [-0.4, -0.2) is 36.7 Å². The first kappa shape index (κ1) is 20.1. The van der Waals surface area contributed by atoms with Crippen molar-refractivity contribution in [3.63, 3.8) is 0 Å². The fourth-order valence-electron chi connectivity index (χ4n) is 2.92. The molecule has 0 spiro atoms. The van der Waals surface area contributed by atoms with E-state index in [1.54, 1.807) is 20.8 Å². The van der Waals surface area contributed by atoms with Gasteiger partial charge in [0.1, 0.15) is 11.6 Å². The molecule has 1 unspecified atom stereocenters. The van der Waals surface area contributed by atoms with Gasteiger partial charge in [0, 0.05) is 24.5 Å². The van der Waals surface area contributed by atoms with Gasteiger partial charge in [0.05, 0.1) is 0 Å². The Morgan fingerprint density at radius 2 is 1.65 bits per heavy atom. The summed E-state index contributed by atoms with van der Waals surface area (Å²) in [4.78, 5) is 26.9. The van der Waals surface area contributed by atoms with E-state index in [-0.39, 0.29) is 11.8 Å². The number of hydrogen-bond donors (Lipinski definition) is 2. The topological polar surface area (TPSA) is 70.7 Å². The number of carbonyl (C=O) groups excluding carboxylic acids is 2. The third-order valence-corrected chi connectivity index (χ3v) is 4.23. The van der Waals surface area contributed by atoms with Crippen LogP contribution in [0.15, 0.2) is 24.3 Å². The zero-order valence-corrected chi connectivity index (χ0v) is 16.5. The predicted molar refractivity (Wildman–Crippen MR) is 105 cm³/mol. The van der Waals surface area contributed by atoms with Gasteiger partial charge in [-0.1, -0.05) is 13.8 Å². The lowest BCUT2D eigenvalue weighted by atomic mass is 10.0. The number of ether oxygens (including phenoxy) is 1. The molecule has 0 aliphatic carbocycles. The van der Waals surface area contributed by atoms with Crippen molar-refractivity contribution in [1.29, 1.82) is 0 Å². The number of alkyl carbamates (subject to hydrolysis) is 1. The molecule has 1 aliphatic heterocycles. The summed E-state index contributed by atoms with van der Waals surface area (Å²) in [6, 6.07) is 7.18. The van der Waals surface area contributed by atoms with Crippen LogP contribution in [0.2, 0.25) is 0 Å². The molecule has 1 aliphatic rings. The molecule has 0 aromatic heterocycles. The maximum absolute atomic E-state index is 12.6. The fraction of sp³-hybridized carbons (Fsp3) is 0.600. The van der Waals surface area contributed by atoms with Crippen molar-refractivity contribution in [2.24, 2.45) is 5.92 Å². The fourth-order valence-corrected chi connectivity index (χ4v) is 2.92. The van der Waals surface area contributed by atoms with E-state index < -0.39 is 17.7 Å². The van der Waals surface area contributed by atoms with E-state index in [0.717, 1.165) is 18.8 Å². The minimum atomic E-state index is -0.664. The highest BCUT2D eigenvalue weighted by atomic mass is 16.6. The summed E-state index contributed by atoms with van der Waals surface area (Å²) in [5, 5.41) is 5.55. The standard InChI is InChI=1S/C20H31N3O3/c1-14(2)17(22-19(25)26-20(3,4)5)18(24)21-15-8-10-16(11-9-15)23-12-6-7-13-23/h8-11,14,17H,6-7,12-13H2,1-5H3,(H,21,24)(H,22,25). The summed E-state index contributed by atoms with van der Waals surface area (Å²) >= 11 is 0. The molecule has 0 bridgehead atoms. The molecule has 1 fully saturated rings. The second-order valence-corrected chi connectivity index (χ2v) is 8.10. The van der Waals surface area contributed by atoms with Gasteiger partial charge in [0.25, 0.3) is 0 Å². The van der Waals surface area contributed by atoms with Crippen LogP contribution < -0.4 is 15.5 Å². The van der Waals surface area contributed by atoms with Crippen LogP contribution in [-0.2, 0) is 9.53 Å². The first-order chi connectivity index (χ1) is 12.2. The Labute approximate surface area is 156 Å². The molecule has 26 heavy (non-hydrogen) atoms. The molecule has 0 radical (unpaired) electrons. The van der Waals surface area contributed by atoms with Crippen molar-refractivity contribution < 1.29 is 14.3 Å². The van der Waals surface area contributed by atoms with E-state index in [2.05, 4.69) is 15.5 Å². The van der Waals surface area contributed by atoms with Gasteiger partial charge in [-0.2, -0.15) is 0 Å². The Bertz CT molecular complexity index is 614. The molecule has 1 heterocycles. The average Bonchev–Trinajstić information content (AvgIpc) is 3.05. The molecule has 1 aromatic rings. The Kier molecular flexibility index (Phi) is 6.51. The van der Waals surface area contributed by atoms with Gasteiger partial charge in [-0.3, -0.25) is 4.79 Å². The number of rotatable bonds is 5. The summed E-state index contributed by atoms with van der Waals surface area (Å²) in [6.45, 7) is 11.3. The number of anilines is 2. The van der Waals surface area contributed by atoms with Crippen LogP contribution in [0.3, 0.4) is 0 Å². The smallest absolute Gasteiger partial charge is 0.408 e. The van der Waals surface area contributed by atoms with Crippen LogP contribution in [0.4, 0.5) is 16.2 Å². The van der Waals surface area contributed by atoms with Crippen LogP contribution in [0.5, 0.6) is 0 Å². The quantitative estimate of drug-likeness (QED) is 0.837. The highest BCUT2D eigenvalue weighted by Crippen LogP contribution is 2.22. The first-order valence-electron chi connectivity index (χ1n) is 9.31. The van der Waals surface area contributed by atoms with Crippen molar-refractivity contribution >= 4 is 23.4 Å². The molecule has 1 atom stereocenters. The molecular weight excluding hydrogens is 330 g/mol. The van der Waals surface area contributed by atoms with Crippen molar-refractivity contribution in [2.45, 2.75) is 59.1 Å². The van der Waals surface area contributed by atoms with E-state index in [1.165, 1.54) is 18.5 Å². The average molecular weight is 361 g/mol. The van der Waals surface area contributed by atoms with Gasteiger partial charge in [0.15, 0.2) is 0 Å². The molecule has 2 N–H and O–H groups in total. The summed E-state index contributed by atoms with van der Waals surface area (Å²) < 4.78 is 5.26. The normalized spacial score (nSPS) is 15.7. The van der Waals surface area contributed by atoms with Gasteiger partial charge in [-0.15, -0.1) is 0 Å². The first-order valence-corrected chi connectivity index (χ1v) is 9.31. The monoisotopic (exact) mass is 361 g/mol. The van der Waals surface area contributed by atoms with Crippen LogP contribution in [0.1, 0.15) is 47.5 Å². The number of carbonyl (C=O) groups is 2. The SMILES string of the molecule is CC(C)C(NC(=O)OC(C)(C)C)C(=O)Nc1ccc(N2CCCC2)cc1. The summed E-state index contributed by atoms with van der Waals surface area (Å²) in [7, 11) is 0. The summed E-state index contributed by atoms with van der Waals surface area (Å²) in [5.41, 5.74) is 1.29. The van der Waals surface area contributed by atoms with Crippen molar-refractivity contribution in [3.05, 3.63) is 24.3 Å². The zero-order chi connectivity index (χ0) is 19.3. The van der Waals surface area contributed by atoms with Crippen molar-refractivity contribution in [2.75, 3.05) is 23.3 Å². The van der Waals surface area contributed by atoms with E-state index in [0.29, 0.717) is 0 Å². The molecule has 2 amide bonds. The Balaban J connectivity index is 1.97. The summed E-state index contributed by atoms with van der Waals surface area (Å²) in [6.07, 6.45) is 1.87.